The summed E-state index contributed by atoms with van der Waals surface area (Å²) < 4.78 is 7.04. The molecule has 2 aromatic heterocycles. The normalized spacial score (nSPS) is 12.3. The van der Waals surface area contributed by atoms with Crippen molar-refractivity contribution in [3.8, 4) is 6.01 Å². The van der Waals surface area contributed by atoms with Crippen LogP contribution in [-0.2, 0) is 6.54 Å². The molecule has 0 aliphatic carbocycles. The molecule has 0 aromatic carbocycles. The Morgan fingerprint density at radius 3 is 2.88 bits per heavy atom. The van der Waals surface area contributed by atoms with E-state index in [0.29, 0.717) is 30.7 Å². The molecule has 0 radical (unpaired) electrons. The number of thioether (sulfide) groups is 1. The minimum atomic E-state index is -0.306. The molecule has 26 heavy (non-hydrogen) atoms. The number of nitrogens with two attached hydrogens (primary N) is 2. The number of fused-ring (bicyclic) bond motifs is 1. The third kappa shape index (κ3) is 5.04. The van der Waals surface area contributed by atoms with Gasteiger partial charge in [0.2, 0.25) is 0 Å². The summed E-state index contributed by atoms with van der Waals surface area (Å²) in [6.07, 6.45) is 10.2. The lowest BCUT2D eigenvalue weighted by atomic mass is 10.2. The number of H-pyrrole nitrogens is 1. The molecule has 142 valence electrons. The highest BCUT2D eigenvalue weighted by atomic mass is 32.2. The second kappa shape index (κ2) is 9.91. The van der Waals surface area contributed by atoms with Crippen LogP contribution in [0.5, 0.6) is 6.01 Å². The lowest BCUT2D eigenvalue weighted by Crippen LogP contribution is -2.18. The van der Waals surface area contributed by atoms with Crippen molar-refractivity contribution < 1.29 is 4.74 Å². The largest absolute Gasteiger partial charge is 0.463 e. The van der Waals surface area contributed by atoms with Gasteiger partial charge in [0.1, 0.15) is 5.52 Å². The van der Waals surface area contributed by atoms with Crippen molar-refractivity contribution in [2.45, 2.75) is 32.7 Å². The van der Waals surface area contributed by atoms with E-state index in [9.17, 15) is 4.79 Å². The molecule has 2 rings (SSSR count). The van der Waals surface area contributed by atoms with Crippen LogP contribution in [0.3, 0.4) is 0 Å². The van der Waals surface area contributed by atoms with Crippen LogP contribution < -0.4 is 21.9 Å². The van der Waals surface area contributed by atoms with Gasteiger partial charge in [0, 0.05) is 5.75 Å². The number of rotatable bonds is 10. The fourth-order valence-corrected chi connectivity index (χ4v) is 2.67. The molecule has 5 N–H and O–H groups in total. The van der Waals surface area contributed by atoms with E-state index < -0.39 is 0 Å². The van der Waals surface area contributed by atoms with E-state index in [0.717, 1.165) is 24.2 Å². The number of hydrogen-bond acceptors (Lipinski definition) is 7. The minimum Gasteiger partial charge on any atom is -0.463 e. The molecule has 0 aliphatic heterocycles. The summed E-state index contributed by atoms with van der Waals surface area (Å²) in [5.41, 5.74) is 13.1. The van der Waals surface area contributed by atoms with E-state index in [1.807, 2.05) is 12.3 Å². The molecule has 0 saturated heterocycles. The van der Waals surface area contributed by atoms with Gasteiger partial charge >= 0.3 is 11.7 Å². The molecular formula is C17H26N6O2S. The predicted octanol–water partition coefficient (Wildman–Crippen LogP) is 2.03. The van der Waals surface area contributed by atoms with Gasteiger partial charge < -0.3 is 21.2 Å². The van der Waals surface area contributed by atoms with Crippen LogP contribution in [0.25, 0.3) is 11.2 Å². The van der Waals surface area contributed by atoms with Crippen LogP contribution in [0, 0.1) is 0 Å². The number of allylic oxidation sites excluding steroid dienone is 2. The van der Waals surface area contributed by atoms with Gasteiger partial charge in [-0.3, -0.25) is 4.57 Å². The summed E-state index contributed by atoms with van der Waals surface area (Å²) in [5.74, 6) is 1.13. The monoisotopic (exact) mass is 378 g/mol. The number of unbranched alkanes of at least 4 members (excludes halogenated alkanes) is 1. The van der Waals surface area contributed by atoms with Gasteiger partial charge in [0.25, 0.3) is 0 Å². The van der Waals surface area contributed by atoms with Crippen LogP contribution in [0.4, 0.5) is 5.82 Å². The van der Waals surface area contributed by atoms with Gasteiger partial charge in [-0.25, -0.2) is 4.79 Å². The van der Waals surface area contributed by atoms with Gasteiger partial charge in [-0.15, -0.1) is 0 Å². The van der Waals surface area contributed by atoms with Crippen molar-refractivity contribution in [1.29, 1.82) is 0 Å². The fourth-order valence-electron chi connectivity index (χ4n) is 2.34. The molecule has 0 saturated carbocycles. The zero-order valence-corrected chi connectivity index (χ0v) is 16.0. The van der Waals surface area contributed by atoms with Crippen molar-refractivity contribution in [3.63, 3.8) is 0 Å². The molecule has 0 atom stereocenters. The van der Waals surface area contributed by atoms with Gasteiger partial charge in [-0.05, 0) is 30.9 Å². The van der Waals surface area contributed by atoms with Gasteiger partial charge in [-0.1, -0.05) is 25.5 Å². The van der Waals surface area contributed by atoms with E-state index in [4.69, 9.17) is 16.2 Å². The summed E-state index contributed by atoms with van der Waals surface area (Å²) in [7, 11) is 0. The number of aromatic nitrogens is 4. The van der Waals surface area contributed by atoms with E-state index in [2.05, 4.69) is 28.0 Å². The molecule has 2 heterocycles. The van der Waals surface area contributed by atoms with Crippen LogP contribution in [0.15, 0.2) is 28.7 Å². The van der Waals surface area contributed by atoms with Crippen molar-refractivity contribution in [1.82, 2.24) is 19.5 Å². The van der Waals surface area contributed by atoms with Crippen LogP contribution >= 0.6 is 11.8 Å². The SMILES string of the molecule is CCCCOc1nc(N)c2[nH]c(=O)n(C/C(=C/N)C/C=C\CSC)c2n1. The average Bonchev–Trinajstić information content (AvgIpc) is 2.94. The highest BCUT2D eigenvalue weighted by molar-refractivity contribution is 7.98. The van der Waals surface area contributed by atoms with Gasteiger partial charge in [0.15, 0.2) is 11.5 Å². The third-order valence-electron chi connectivity index (χ3n) is 3.77. The fraction of sp³-hybridized carbons (Fsp3) is 0.471. The maximum absolute atomic E-state index is 12.3. The Kier molecular flexibility index (Phi) is 7.58. The molecule has 0 spiro atoms. The molecule has 0 amide bonds. The summed E-state index contributed by atoms with van der Waals surface area (Å²) in [4.78, 5) is 23.5. The standard InChI is InChI=1S/C17H26N6O2S/c1-3-4-8-25-16-21-14(19)13-15(22-16)23(17(24)20-13)11-12(10-18)7-5-6-9-26-2/h5-6,10H,3-4,7-9,11,18H2,1-2H3,(H,20,24)(H2,19,21,22)/b6-5-,12-10+. The summed E-state index contributed by atoms with van der Waals surface area (Å²) >= 11 is 1.74. The maximum Gasteiger partial charge on any atom is 0.328 e. The van der Waals surface area contributed by atoms with E-state index in [1.165, 1.54) is 10.8 Å². The third-order valence-corrected chi connectivity index (χ3v) is 4.29. The number of nitrogens with zero attached hydrogens (tertiary/aromatic N) is 3. The highest BCUT2D eigenvalue weighted by Gasteiger charge is 2.15. The number of anilines is 1. The topological polar surface area (TPSA) is 125 Å². The molecule has 0 bridgehead atoms. The first-order valence-electron chi connectivity index (χ1n) is 8.53. The van der Waals surface area contributed by atoms with Crippen molar-refractivity contribution >= 4 is 28.7 Å². The maximum atomic E-state index is 12.3. The molecule has 9 heteroatoms. The molecule has 0 aliphatic rings. The van der Waals surface area contributed by atoms with Gasteiger partial charge in [0.05, 0.1) is 13.2 Å². The molecule has 0 unspecified atom stereocenters. The lowest BCUT2D eigenvalue weighted by molar-refractivity contribution is 0.286. The first-order chi connectivity index (χ1) is 12.6. The Balaban J connectivity index is 2.28. The van der Waals surface area contributed by atoms with Gasteiger partial charge in [-0.2, -0.15) is 21.7 Å². The number of nitrogen functional groups attached to an aromatic ring is 1. The second-order valence-electron chi connectivity index (χ2n) is 5.76. The highest BCUT2D eigenvalue weighted by Crippen LogP contribution is 2.19. The summed E-state index contributed by atoms with van der Waals surface area (Å²) in [5, 5.41) is 0. The Morgan fingerprint density at radius 1 is 1.38 bits per heavy atom. The Morgan fingerprint density at radius 2 is 2.19 bits per heavy atom. The van der Waals surface area contributed by atoms with E-state index in [-0.39, 0.29) is 17.5 Å². The number of nitrogens with one attached hydrogen (secondary N) is 1. The van der Waals surface area contributed by atoms with Crippen LogP contribution in [-0.4, -0.2) is 38.1 Å². The number of aromatic amines is 1. The quantitative estimate of drug-likeness (QED) is 0.427. The summed E-state index contributed by atoms with van der Waals surface area (Å²) in [6, 6.07) is 0.175. The smallest absolute Gasteiger partial charge is 0.328 e. The first kappa shape index (κ1) is 19.9. The predicted molar refractivity (Wildman–Crippen MR) is 107 cm³/mol. The second-order valence-corrected chi connectivity index (χ2v) is 6.67. The van der Waals surface area contributed by atoms with Crippen molar-refractivity contribution in [2.24, 2.45) is 5.73 Å². The zero-order chi connectivity index (χ0) is 18.9. The van der Waals surface area contributed by atoms with Crippen molar-refractivity contribution in [3.05, 3.63) is 34.4 Å². The van der Waals surface area contributed by atoms with E-state index >= 15 is 0 Å². The van der Waals surface area contributed by atoms with Crippen LogP contribution in [0.2, 0.25) is 0 Å². The van der Waals surface area contributed by atoms with Crippen LogP contribution in [0.1, 0.15) is 26.2 Å². The molecule has 0 fully saturated rings. The number of imidazole rings is 1. The Labute approximate surface area is 156 Å². The zero-order valence-electron chi connectivity index (χ0n) is 15.2. The lowest BCUT2D eigenvalue weighted by Gasteiger charge is -2.08. The molecular weight excluding hydrogens is 352 g/mol. The first-order valence-corrected chi connectivity index (χ1v) is 9.92. The van der Waals surface area contributed by atoms with Crippen molar-refractivity contribution in [2.75, 3.05) is 24.3 Å². The minimum absolute atomic E-state index is 0.175. The Bertz CT molecular complexity index is 840. The number of ether oxygens (including phenoxy) is 1. The Hall–Kier alpha value is -2.42. The number of hydrogen-bond donors (Lipinski definition) is 3. The summed E-state index contributed by atoms with van der Waals surface area (Å²) in [6.45, 7) is 2.90. The molecule has 2 aromatic rings. The van der Waals surface area contributed by atoms with E-state index in [1.54, 1.807) is 11.8 Å². The average molecular weight is 379 g/mol. The molecule has 8 nitrogen and oxygen atoms in total.